The third-order valence-corrected chi connectivity index (χ3v) is 2.94. The molecule has 2 N–H and O–H groups in total. The molecule has 0 saturated heterocycles. The second-order valence-corrected chi connectivity index (χ2v) is 4.93. The van der Waals surface area contributed by atoms with Gasteiger partial charge in [0.25, 0.3) is 0 Å². The van der Waals surface area contributed by atoms with Crippen LogP contribution in [-0.4, -0.2) is 12.1 Å². The summed E-state index contributed by atoms with van der Waals surface area (Å²) in [5, 5.41) is 0.659. The highest BCUT2D eigenvalue weighted by atomic mass is 32.1. The lowest BCUT2D eigenvalue weighted by molar-refractivity contribution is 0.783. The Labute approximate surface area is 123 Å². The van der Waals surface area contributed by atoms with E-state index in [9.17, 15) is 0 Å². The van der Waals surface area contributed by atoms with Gasteiger partial charge in [-0.15, -0.1) is 12.6 Å². The van der Waals surface area contributed by atoms with Crippen LogP contribution < -0.4 is 5.73 Å². The maximum absolute atomic E-state index is 6.04. The Morgan fingerprint density at radius 2 is 1.95 bits per heavy atom. The second-order valence-electron chi connectivity index (χ2n) is 4.47. The lowest BCUT2D eigenvalue weighted by Crippen LogP contribution is -2.15. The highest BCUT2D eigenvalue weighted by molar-refractivity contribution is 7.84. The van der Waals surface area contributed by atoms with Gasteiger partial charge in [-0.1, -0.05) is 32.8 Å². The van der Waals surface area contributed by atoms with Gasteiger partial charge >= 0.3 is 0 Å². The average molecular weight is 281 g/mol. The molecule has 0 saturated carbocycles. The topological polar surface area (TPSA) is 50.7 Å². The first kappa shape index (κ1) is 18.0. The molecule has 0 bridgehead atoms. The fourth-order valence-electron chi connectivity index (χ4n) is 1.58. The number of nitrogens with two attached hydrogens (primary N) is 1. The smallest absolute Gasteiger partial charge is 0.150 e. The number of hydrogen-bond donors (Lipinski definition) is 2. The molecule has 19 heavy (non-hydrogen) atoms. The zero-order valence-corrected chi connectivity index (χ0v) is 13.5. The molecular weight excluding hydrogens is 254 g/mol. The summed E-state index contributed by atoms with van der Waals surface area (Å²) in [6, 6.07) is 0. The Kier molecular flexibility index (Phi) is 10.3. The van der Waals surface area contributed by atoms with Crippen molar-refractivity contribution in [1.29, 1.82) is 0 Å². The monoisotopic (exact) mass is 281 g/mol. The van der Waals surface area contributed by atoms with Gasteiger partial charge in [0.2, 0.25) is 0 Å². The number of unbranched alkanes of at least 4 members (excludes halogenated alkanes) is 2. The van der Waals surface area contributed by atoms with Crippen molar-refractivity contribution >= 4 is 24.7 Å². The average Bonchev–Trinajstić information content (AvgIpc) is 2.39. The third-order valence-electron chi connectivity index (χ3n) is 2.66. The van der Waals surface area contributed by atoms with Crippen molar-refractivity contribution in [2.45, 2.75) is 59.8 Å². The van der Waals surface area contributed by atoms with Crippen molar-refractivity contribution in [2.24, 2.45) is 15.7 Å². The minimum absolute atomic E-state index is 0.448. The molecular formula is C15H27N3S. The van der Waals surface area contributed by atoms with Gasteiger partial charge in [0.05, 0.1) is 5.03 Å². The SMILES string of the molecule is CC=NC(=C(/C)CCCC)/C(N)=N\C(S)=C\CCC. The van der Waals surface area contributed by atoms with E-state index in [1.807, 2.05) is 13.0 Å². The molecule has 0 aromatic carbocycles. The molecule has 0 heterocycles. The lowest BCUT2D eigenvalue weighted by atomic mass is 10.1. The summed E-state index contributed by atoms with van der Waals surface area (Å²) in [5.74, 6) is 0.448. The molecule has 0 fully saturated rings. The molecule has 0 rings (SSSR count). The minimum Gasteiger partial charge on any atom is -0.382 e. The van der Waals surface area contributed by atoms with Gasteiger partial charge in [-0.3, -0.25) is 4.99 Å². The summed E-state index contributed by atoms with van der Waals surface area (Å²) >= 11 is 4.32. The van der Waals surface area contributed by atoms with Crippen molar-refractivity contribution in [1.82, 2.24) is 0 Å². The number of hydrogen-bond acceptors (Lipinski definition) is 3. The Morgan fingerprint density at radius 1 is 1.26 bits per heavy atom. The fourth-order valence-corrected chi connectivity index (χ4v) is 1.82. The molecule has 0 radical (unpaired) electrons. The number of aliphatic imine (C=N–C) groups is 2. The van der Waals surface area contributed by atoms with Crippen molar-refractivity contribution in [3.05, 3.63) is 22.4 Å². The van der Waals surface area contributed by atoms with E-state index in [0.717, 1.165) is 37.8 Å². The van der Waals surface area contributed by atoms with E-state index in [0.29, 0.717) is 10.9 Å². The molecule has 4 heteroatoms. The van der Waals surface area contributed by atoms with Crippen molar-refractivity contribution < 1.29 is 0 Å². The largest absolute Gasteiger partial charge is 0.382 e. The van der Waals surface area contributed by atoms with E-state index in [1.165, 1.54) is 5.57 Å². The molecule has 0 amide bonds. The van der Waals surface area contributed by atoms with Crippen LogP contribution in [-0.2, 0) is 0 Å². The van der Waals surface area contributed by atoms with Gasteiger partial charge in [0.15, 0.2) is 5.84 Å². The summed E-state index contributed by atoms with van der Waals surface area (Å²) in [5.41, 5.74) is 8.00. The fraction of sp³-hybridized carbons (Fsp3) is 0.600. The number of allylic oxidation sites excluding steroid dienone is 2. The standard InChI is InChI=1S/C15H27N3S/c1-5-8-10-12(4)14(17-7-3)15(16)18-13(19)11-9-6-2/h7,11,19H,5-6,8-10H2,1-4H3,(H2,16,18)/b13-11-,14-12-,17-7?. The number of rotatable bonds is 8. The molecule has 108 valence electrons. The molecule has 0 aromatic heterocycles. The highest BCUT2D eigenvalue weighted by Gasteiger charge is 2.06. The quantitative estimate of drug-likeness (QED) is 0.385. The maximum atomic E-state index is 6.04. The second kappa shape index (κ2) is 10.9. The number of thiol groups is 1. The van der Waals surface area contributed by atoms with E-state index in [4.69, 9.17) is 5.73 Å². The van der Waals surface area contributed by atoms with E-state index in [2.05, 4.69) is 43.4 Å². The van der Waals surface area contributed by atoms with Gasteiger partial charge in [0.1, 0.15) is 5.70 Å². The molecule has 0 aliphatic heterocycles. The maximum Gasteiger partial charge on any atom is 0.150 e. The van der Waals surface area contributed by atoms with Crippen LogP contribution in [0, 0.1) is 0 Å². The molecule has 0 aliphatic rings. The van der Waals surface area contributed by atoms with Crippen LogP contribution in [0.25, 0.3) is 0 Å². The summed E-state index contributed by atoms with van der Waals surface area (Å²) < 4.78 is 0. The summed E-state index contributed by atoms with van der Waals surface area (Å²) in [7, 11) is 0. The first-order valence-corrected chi connectivity index (χ1v) is 7.43. The van der Waals surface area contributed by atoms with Crippen LogP contribution in [0.15, 0.2) is 32.4 Å². The number of nitrogens with zero attached hydrogens (tertiary/aromatic N) is 2. The predicted molar refractivity (Wildman–Crippen MR) is 90.0 cm³/mol. The Morgan fingerprint density at radius 3 is 2.47 bits per heavy atom. The zero-order valence-electron chi connectivity index (χ0n) is 12.6. The number of amidine groups is 1. The van der Waals surface area contributed by atoms with Crippen LogP contribution in [0.5, 0.6) is 0 Å². The van der Waals surface area contributed by atoms with Gasteiger partial charge in [-0.05, 0) is 38.7 Å². The summed E-state index contributed by atoms with van der Waals surface area (Å²) in [6.07, 6.45) is 9.06. The summed E-state index contributed by atoms with van der Waals surface area (Å²) in [4.78, 5) is 8.66. The third kappa shape index (κ3) is 7.88. The minimum atomic E-state index is 0.448. The van der Waals surface area contributed by atoms with Crippen LogP contribution >= 0.6 is 12.6 Å². The van der Waals surface area contributed by atoms with E-state index >= 15 is 0 Å². The van der Waals surface area contributed by atoms with Gasteiger partial charge in [0, 0.05) is 6.21 Å². The molecule has 0 spiro atoms. The zero-order chi connectivity index (χ0) is 14.7. The van der Waals surface area contributed by atoms with Crippen LogP contribution in [0.3, 0.4) is 0 Å². The first-order valence-electron chi connectivity index (χ1n) is 6.98. The summed E-state index contributed by atoms with van der Waals surface area (Å²) in [6.45, 7) is 8.24. The Balaban J connectivity index is 5.12. The van der Waals surface area contributed by atoms with Gasteiger partial charge in [-0.25, -0.2) is 4.99 Å². The van der Waals surface area contributed by atoms with Gasteiger partial charge in [-0.2, -0.15) is 0 Å². The molecule has 3 nitrogen and oxygen atoms in total. The van der Waals surface area contributed by atoms with Gasteiger partial charge < -0.3 is 5.73 Å². The van der Waals surface area contributed by atoms with Crippen LogP contribution in [0.2, 0.25) is 0 Å². The molecule has 0 unspecified atom stereocenters. The predicted octanol–water partition coefficient (Wildman–Crippen LogP) is 4.47. The molecule has 0 atom stereocenters. The Hall–Kier alpha value is -1.03. The van der Waals surface area contributed by atoms with E-state index < -0.39 is 0 Å². The molecule has 0 aliphatic carbocycles. The van der Waals surface area contributed by atoms with E-state index in [-0.39, 0.29) is 0 Å². The van der Waals surface area contributed by atoms with E-state index in [1.54, 1.807) is 6.21 Å². The van der Waals surface area contributed by atoms with Crippen LogP contribution in [0.1, 0.15) is 59.8 Å². The van der Waals surface area contributed by atoms with Crippen molar-refractivity contribution in [3.8, 4) is 0 Å². The van der Waals surface area contributed by atoms with Crippen molar-refractivity contribution in [2.75, 3.05) is 0 Å². The van der Waals surface area contributed by atoms with Crippen molar-refractivity contribution in [3.63, 3.8) is 0 Å². The lowest BCUT2D eigenvalue weighted by Gasteiger charge is -2.07. The highest BCUT2D eigenvalue weighted by Crippen LogP contribution is 2.15. The molecule has 0 aromatic rings. The first-order chi connectivity index (χ1) is 9.06. The van der Waals surface area contributed by atoms with Crippen LogP contribution in [0.4, 0.5) is 0 Å². The normalized spacial score (nSPS) is 15.0. The Bertz CT molecular complexity index is 379.